The first-order valence-corrected chi connectivity index (χ1v) is 9.91. The summed E-state index contributed by atoms with van der Waals surface area (Å²) >= 11 is 0. The van der Waals surface area contributed by atoms with Crippen LogP contribution in [0.5, 0.6) is 5.75 Å². The van der Waals surface area contributed by atoms with Crippen LogP contribution in [0.2, 0.25) is 0 Å². The van der Waals surface area contributed by atoms with Crippen molar-refractivity contribution in [2.24, 2.45) is 0 Å². The molecule has 30 heavy (non-hydrogen) atoms. The van der Waals surface area contributed by atoms with Crippen LogP contribution in [0.3, 0.4) is 0 Å². The molecule has 2 N–H and O–H groups in total. The van der Waals surface area contributed by atoms with Gasteiger partial charge in [0.2, 0.25) is 0 Å². The van der Waals surface area contributed by atoms with Crippen LogP contribution < -0.4 is 10.5 Å². The number of carbonyl (C=O) groups is 1. The quantitative estimate of drug-likeness (QED) is 0.288. The van der Waals surface area contributed by atoms with E-state index in [9.17, 15) is 4.79 Å². The highest BCUT2D eigenvalue weighted by Crippen LogP contribution is 2.28. The summed E-state index contributed by atoms with van der Waals surface area (Å²) in [5.74, 6) is 0.918. The number of carbonyl (C=O) groups excluding carboxylic acids is 1. The maximum absolute atomic E-state index is 11.4. The molecule has 0 aliphatic carbocycles. The fourth-order valence-electron chi connectivity index (χ4n) is 3.46. The summed E-state index contributed by atoms with van der Waals surface area (Å²) in [5, 5.41) is 2.08. The van der Waals surface area contributed by atoms with Crippen LogP contribution in [0.1, 0.15) is 23.6 Å². The summed E-state index contributed by atoms with van der Waals surface area (Å²) in [6.07, 6.45) is 2.84. The Labute approximate surface area is 174 Å². The van der Waals surface area contributed by atoms with Gasteiger partial charge in [-0.2, -0.15) is 0 Å². The lowest BCUT2D eigenvalue weighted by molar-refractivity contribution is 0.104. The Balaban J connectivity index is 1.53. The van der Waals surface area contributed by atoms with Crippen molar-refractivity contribution in [1.82, 2.24) is 9.97 Å². The van der Waals surface area contributed by atoms with Gasteiger partial charge in [0.25, 0.3) is 0 Å². The van der Waals surface area contributed by atoms with Gasteiger partial charge in [0.1, 0.15) is 11.3 Å². The second-order valence-corrected chi connectivity index (χ2v) is 7.19. The second-order valence-electron chi connectivity index (χ2n) is 7.19. The molecular weight excluding hydrogens is 378 g/mol. The average molecular weight is 401 g/mol. The molecule has 0 spiro atoms. The van der Waals surface area contributed by atoms with E-state index in [0.717, 1.165) is 51.3 Å². The highest BCUT2D eigenvalue weighted by Gasteiger charge is 2.09. The Morgan fingerprint density at radius 1 is 1.00 bits per heavy atom. The van der Waals surface area contributed by atoms with E-state index in [1.807, 2.05) is 31.3 Å². The molecular formula is C24H23N3O3. The van der Waals surface area contributed by atoms with Gasteiger partial charge in [0, 0.05) is 17.0 Å². The molecule has 2 aromatic carbocycles. The molecule has 4 aromatic rings. The number of hydrogen-bond donors (Lipinski definition) is 1. The molecule has 4 rings (SSSR count). The number of hydrogen-bond acceptors (Lipinski definition) is 6. The van der Waals surface area contributed by atoms with Crippen LogP contribution in [0.25, 0.3) is 21.8 Å². The largest absolute Gasteiger partial charge is 0.513 e. The van der Waals surface area contributed by atoms with E-state index in [0.29, 0.717) is 11.6 Å². The van der Waals surface area contributed by atoms with Crippen molar-refractivity contribution < 1.29 is 14.3 Å². The Morgan fingerprint density at radius 2 is 1.77 bits per heavy atom. The zero-order valence-electron chi connectivity index (χ0n) is 17.0. The minimum absolute atomic E-state index is 0.285. The number of anilines is 1. The third-order valence-corrected chi connectivity index (χ3v) is 4.96. The number of aryl methyl sites for hydroxylation is 3. The Kier molecular flexibility index (Phi) is 5.48. The second kappa shape index (κ2) is 8.37. The first-order valence-electron chi connectivity index (χ1n) is 9.91. The van der Waals surface area contributed by atoms with Crippen molar-refractivity contribution in [2.75, 3.05) is 12.3 Å². The number of nitrogens with zero attached hydrogens (tertiary/aromatic N) is 2. The fourth-order valence-corrected chi connectivity index (χ4v) is 3.46. The van der Waals surface area contributed by atoms with Crippen LogP contribution >= 0.6 is 0 Å². The summed E-state index contributed by atoms with van der Waals surface area (Å²) in [4.78, 5) is 20.5. The summed E-state index contributed by atoms with van der Waals surface area (Å²) in [6.45, 7) is 4.06. The Hall–Kier alpha value is -3.67. The third kappa shape index (κ3) is 4.17. The van der Waals surface area contributed by atoms with Crippen LogP contribution in [-0.2, 0) is 17.6 Å². The zero-order chi connectivity index (χ0) is 21.1. The molecule has 0 aliphatic rings. The highest BCUT2D eigenvalue weighted by molar-refractivity contribution is 6.08. The lowest BCUT2D eigenvalue weighted by Gasteiger charge is -2.09. The molecule has 0 radical (unpaired) electrons. The lowest BCUT2D eigenvalue weighted by atomic mass is 10.0. The van der Waals surface area contributed by atoms with Gasteiger partial charge in [-0.1, -0.05) is 24.3 Å². The topological polar surface area (TPSA) is 87.3 Å². The molecule has 2 aromatic heterocycles. The van der Waals surface area contributed by atoms with Gasteiger partial charge in [-0.05, 0) is 67.6 Å². The van der Waals surface area contributed by atoms with E-state index in [-0.39, 0.29) is 6.61 Å². The van der Waals surface area contributed by atoms with Gasteiger partial charge in [-0.3, -0.25) is 4.98 Å². The fraction of sp³-hybridized carbons (Fsp3) is 0.208. The normalized spacial score (nSPS) is 11.0. The first-order chi connectivity index (χ1) is 14.5. The van der Waals surface area contributed by atoms with E-state index < -0.39 is 6.16 Å². The summed E-state index contributed by atoms with van der Waals surface area (Å²) in [6, 6.07) is 15.8. The van der Waals surface area contributed by atoms with Gasteiger partial charge in [0.05, 0.1) is 12.1 Å². The molecule has 0 fully saturated rings. The van der Waals surface area contributed by atoms with E-state index in [1.165, 1.54) is 0 Å². The predicted molar refractivity (Wildman–Crippen MR) is 118 cm³/mol. The molecule has 0 amide bonds. The van der Waals surface area contributed by atoms with Gasteiger partial charge in [0.15, 0.2) is 5.82 Å². The third-order valence-electron chi connectivity index (χ3n) is 4.96. The van der Waals surface area contributed by atoms with E-state index in [1.54, 1.807) is 19.1 Å². The lowest BCUT2D eigenvalue weighted by Crippen LogP contribution is -2.09. The van der Waals surface area contributed by atoms with Crippen LogP contribution in [0, 0.1) is 6.92 Å². The van der Waals surface area contributed by atoms with Gasteiger partial charge < -0.3 is 15.2 Å². The number of rotatable bonds is 5. The van der Waals surface area contributed by atoms with Crippen LogP contribution in [0.15, 0.2) is 54.7 Å². The molecule has 2 heterocycles. The molecule has 152 valence electrons. The average Bonchev–Trinajstić information content (AvgIpc) is 2.73. The molecule has 0 saturated carbocycles. The smallest absolute Gasteiger partial charge is 0.434 e. The maximum atomic E-state index is 11.4. The minimum atomic E-state index is -0.691. The van der Waals surface area contributed by atoms with Crippen LogP contribution in [0.4, 0.5) is 10.6 Å². The van der Waals surface area contributed by atoms with Gasteiger partial charge in [-0.15, -0.1) is 0 Å². The van der Waals surface area contributed by atoms with Crippen molar-refractivity contribution in [1.29, 1.82) is 0 Å². The maximum Gasteiger partial charge on any atom is 0.513 e. The molecule has 0 bridgehead atoms. The molecule has 0 atom stereocenters. The number of benzene rings is 2. The highest BCUT2D eigenvalue weighted by atomic mass is 16.7. The molecule has 0 aliphatic heterocycles. The van der Waals surface area contributed by atoms with Crippen molar-refractivity contribution >= 4 is 33.8 Å². The standard InChI is InChI=1S/C24H23N3O3/c1-3-29-24(28)30-18-9-7-16(8-10-18)5-6-17-13-20-19-11-4-15(2)12-21(19)27-23(25)22(20)26-14-17/h4,7-14H,3,5-6H2,1-2H3,(H2,25,27). The summed E-state index contributed by atoms with van der Waals surface area (Å²) in [5.41, 5.74) is 11.2. The van der Waals surface area contributed by atoms with E-state index in [2.05, 4.69) is 28.2 Å². The number of ether oxygens (including phenoxy) is 2. The molecule has 0 saturated heterocycles. The Morgan fingerprint density at radius 3 is 2.53 bits per heavy atom. The van der Waals surface area contributed by atoms with Gasteiger partial charge >= 0.3 is 6.16 Å². The monoisotopic (exact) mass is 401 g/mol. The summed E-state index contributed by atoms with van der Waals surface area (Å²) < 4.78 is 9.87. The molecule has 6 heteroatoms. The van der Waals surface area contributed by atoms with E-state index in [4.69, 9.17) is 15.2 Å². The van der Waals surface area contributed by atoms with Crippen LogP contribution in [-0.4, -0.2) is 22.7 Å². The number of aromatic nitrogens is 2. The van der Waals surface area contributed by atoms with Crippen molar-refractivity contribution in [3.8, 4) is 5.75 Å². The minimum Gasteiger partial charge on any atom is -0.434 e. The number of fused-ring (bicyclic) bond motifs is 3. The Bertz CT molecular complexity index is 1220. The molecule has 6 nitrogen and oxygen atoms in total. The zero-order valence-corrected chi connectivity index (χ0v) is 17.0. The summed E-state index contributed by atoms with van der Waals surface area (Å²) in [7, 11) is 0. The SMILES string of the molecule is CCOC(=O)Oc1ccc(CCc2cnc3c(N)nc4cc(C)ccc4c3c2)cc1. The predicted octanol–water partition coefficient (Wildman–Crippen LogP) is 4.99. The number of nitrogen functional groups attached to an aromatic ring is 1. The van der Waals surface area contributed by atoms with Crippen molar-refractivity contribution in [3.63, 3.8) is 0 Å². The molecule has 0 unspecified atom stereocenters. The van der Waals surface area contributed by atoms with E-state index >= 15 is 0 Å². The number of pyridine rings is 2. The van der Waals surface area contributed by atoms with Crippen molar-refractivity contribution in [2.45, 2.75) is 26.7 Å². The first kappa shape index (κ1) is 19.6. The number of nitrogens with two attached hydrogens (primary N) is 1. The van der Waals surface area contributed by atoms with Crippen molar-refractivity contribution in [3.05, 3.63) is 71.4 Å². The van der Waals surface area contributed by atoms with Gasteiger partial charge in [-0.25, -0.2) is 9.78 Å².